The van der Waals surface area contributed by atoms with Crippen LogP contribution >= 0.6 is 15.9 Å². The minimum Gasteiger partial charge on any atom is -0.465 e. The summed E-state index contributed by atoms with van der Waals surface area (Å²) >= 11 is 3.29. The molecule has 0 spiro atoms. The van der Waals surface area contributed by atoms with Crippen LogP contribution in [0, 0.1) is 0 Å². The van der Waals surface area contributed by atoms with E-state index in [1.165, 1.54) is 0 Å². The van der Waals surface area contributed by atoms with Gasteiger partial charge in [-0.1, -0.05) is 22.4 Å². The molecule has 10 heavy (non-hydrogen) atoms. The van der Waals surface area contributed by atoms with Crippen molar-refractivity contribution >= 4 is 22.0 Å². The maximum Gasteiger partial charge on any atom is 0.404 e. The molecule has 0 saturated heterocycles. The highest BCUT2D eigenvalue weighted by atomic mass is 79.9. The van der Waals surface area contributed by atoms with Gasteiger partial charge in [-0.3, -0.25) is 0 Å². The van der Waals surface area contributed by atoms with Gasteiger partial charge in [-0.25, -0.2) is 4.79 Å². The number of hydrogen-bond acceptors (Lipinski definition) is 1. The summed E-state index contributed by atoms with van der Waals surface area (Å²) in [5.41, 5.74) is 0. The first-order valence-corrected chi connectivity index (χ1v) is 4.42. The molecule has 0 aromatic heterocycles. The van der Waals surface area contributed by atoms with Gasteiger partial charge in [-0.2, -0.15) is 0 Å². The van der Waals surface area contributed by atoms with Gasteiger partial charge in [0.15, 0.2) is 0 Å². The smallest absolute Gasteiger partial charge is 0.404 e. The van der Waals surface area contributed by atoms with E-state index in [2.05, 4.69) is 21.2 Å². The summed E-state index contributed by atoms with van der Waals surface area (Å²) in [7, 11) is 0. The van der Waals surface area contributed by atoms with Crippen LogP contribution in [0.2, 0.25) is 0 Å². The molecule has 0 bridgehead atoms. The number of carbonyl (C=O) groups is 1. The van der Waals surface area contributed by atoms with E-state index in [-0.39, 0.29) is 0 Å². The monoisotopic (exact) mass is 209 g/mol. The van der Waals surface area contributed by atoms with E-state index >= 15 is 0 Å². The number of halogens is 1. The summed E-state index contributed by atoms with van der Waals surface area (Å²) in [6, 6.07) is 0. The number of rotatable bonds is 5. The molecule has 0 unspecified atom stereocenters. The van der Waals surface area contributed by atoms with E-state index in [9.17, 15) is 4.79 Å². The van der Waals surface area contributed by atoms with Gasteiger partial charge in [0, 0.05) is 11.9 Å². The van der Waals surface area contributed by atoms with Gasteiger partial charge in [-0.05, 0) is 12.8 Å². The second kappa shape index (κ2) is 6.86. The summed E-state index contributed by atoms with van der Waals surface area (Å²) in [5.74, 6) is 0. The average molecular weight is 210 g/mol. The molecule has 0 aliphatic heterocycles. The fourth-order valence-electron chi connectivity index (χ4n) is 0.592. The Kier molecular flexibility index (Phi) is 6.69. The molecule has 0 rings (SSSR count). The van der Waals surface area contributed by atoms with Crippen molar-refractivity contribution in [1.29, 1.82) is 0 Å². The molecule has 3 nitrogen and oxygen atoms in total. The number of hydrogen-bond donors (Lipinski definition) is 2. The minimum absolute atomic E-state index is 0.572. The lowest BCUT2D eigenvalue weighted by atomic mass is 10.2. The highest BCUT2D eigenvalue weighted by Gasteiger charge is 1.91. The van der Waals surface area contributed by atoms with Crippen molar-refractivity contribution in [3.05, 3.63) is 0 Å². The second-order valence-electron chi connectivity index (χ2n) is 1.98. The van der Waals surface area contributed by atoms with Crippen molar-refractivity contribution in [2.24, 2.45) is 0 Å². The summed E-state index contributed by atoms with van der Waals surface area (Å²) in [5, 5.41) is 11.5. The molecule has 0 radical (unpaired) electrons. The van der Waals surface area contributed by atoms with Crippen LogP contribution in [0.25, 0.3) is 0 Å². The molecule has 0 aromatic carbocycles. The summed E-state index contributed by atoms with van der Waals surface area (Å²) < 4.78 is 0. The van der Waals surface area contributed by atoms with Gasteiger partial charge in [-0.15, -0.1) is 0 Å². The Morgan fingerprint density at radius 2 is 2.10 bits per heavy atom. The Labute approximate surface area is 68.9 Å². The maximum atomic E-state index is 9.91. The molecule has 0 aliphatic rings. The quantitative estimate of drug-likeness (QED) is 0.537. The zero-order chi connectivity index (χ0) is 7.82. The maximum absolute atomic E-state index is 9.91. The van der Waals surface area contributed by atoms with Gasteiger partial charge < -0.3 is 10.4 Å². The fraction of sp³-hybridized carbons (Fsp3) is 0.833. The lowest BCUT2D eigenvalue weighted by Gasteiger charge is -1.98. The lowest BCUT2D eigenvalue weighted by Crippen LogP contribution is -2.21. The van der Waals surface area contributed by atoms with Crippen molar-refractivity contribution in [2.45, 2.75) is 19.3 Å². The molecule has 0 heterocycles. The summed E-state index contributed by atoms with van der Waals surface area (Å²) in [6.45, 7) is 0.572. The molecule has 0 aromatic rings. The molecule has 0 saturated carbocycles. The van der Waals surface area contributed by atoms with Crippen LogP contribution in [0.4, 0.5) is 4.79 Å². The summed E-state index contributed by atoms with van der Waals surface area (Å²) in [6.07, 6.45) is 2.18. The second-order valence-corrected chi connectivity index (χ2v) is 2.77. The van der Waals surface area contributed by atoms with Crippen LogP contribution in [0.5, 0.6) is 0 Å². The van der Waals surface area contributed by atoms with Crippen LogP contribution in [-0.4, -0.2) is 23.1 Å². The number of carboxylic acid groups (broad SMARTS) is 1. The standard InChI is InChI=1S/C6H12BrNO2/c7-4-2-1-3-5-8-6(9)10/h8H,1-5H2,(H,9,10). The van der Waals surface area contributed by atoms with Gasteiger partial charge in [0.05, 0.1) is 0 Å². The van der Waals surface area contributed by atoms with Crippen LogP contribution in [0.3, 0.4) is 0 Å². The summed E-state index contributed by atoms with van der Waals surface area (Å²) in [4.78, 5) is 9.91. The van der Waals surface area contributed by atoms with E-state index in [4.69, 9.17) is 5.11 Å². The van der Waals surface area contributed by atoms with Gasteiger partial charge in [0.25, 0.3) is 0 Å². The van der Waals surface area contributed by atoms with Crippen LogP contribution < -0.4 is 5.32 Å². The third kappa shape index (κ3) is 7.75. The zero-order valence-electron chi connectivity index (χ0n) is 5.77. The number of amides is 1. The Hall–Kier alpha value is -0.250. The molecule has 0 atom stereocenters. The number of nitrogens with one attached hydrogen (secondary N) is 1. The van der Waals surface area contributed by atoms with Gasteiger partial charge >= 0.3 is 6.09 Å². The highest BCUT2D eigenvalue weighted by molar-refractivity contribution is 9.09. The van der Waals surface area contributed by atoms with Gasteiger partial charge in [0.1, 0.15) is 0 Å². The largest absolute Gasteiger partial charge is 0.465 e. The first kappa shape index (κ1) is 9.75. The third-order valence-corrected chi connectivity index (χ3v) is 1.65. The third-order valence-electron chi connectivity index (χ3n) is 1.09. The van der Waals surface area contributed by atoms with E-state index in [1.807, 2.05) is 0 Å². The lowest BCUT2D eigenvalue weighted by molar-refractivity contribution is 0.194. The Morgan fingerprint density at radius 1 is 1.40 bits per heavy atom. The Balaban J connectivity index is 2.84. The molecule has 2 N–H and O–H groups in total. The minimum atomic E-state index is -0.932. The Bertz CT molecular complexity index is 97.7. The first-order valence-electron chi connectivity index (χ1n) is 3.30. The van der Waals surface area contributed by atoms with Crippen molar-refractivity contribution < 1.29 is 9.90 Å². The molecule has 0 aliphatic carbocycles. The van der Waals surface area contributed by atoms with Gasteiger partial charge in [0.2, 0.25) is 0 Å². The topological polar surface area (TPSA) is 49.3 Å². The van der Waals surface area contributed by atoms with E-state index in [0.29, 0.717) is 6.54 Å². The number of alkyl halides is 1. The van der Waals surface area contributed by atoms with E-state index in [1.54, 1.807) is 0 Å². The predicted octanol–water partition coefficient (Wildman–Crippen LogP) is 1.82. The SMILES string of the molecule is O=C(O)NCCCCCBr. The molecule has 0 fully saturated rings. The van der Waals surface area contributed by atoms with Crippen molar-refractivity contribution in [3.63, 3.8) is 0 Å². The normalized spacial score (nSPS) is 9.30. The molecular formula is C6H12BrNO2. The molecule has 4 heteroatoms. The molecular weight excluding hydrogens is 198 g/mol. The van der Waals surface area contributed by atoms with Crippen molar-refractivity contribution in [1.82, 2.24) is 5.32 Å². The highest BCUT2D eigenvalue weighted by Crippen LogP contribution is 1.96. The van der Waals surface area contributed by atoms with E-state index < -0.39 is 6.09 Å². The molecule has 1 amide bonds. The van der Waals surface area contributed by atoms with Crippen LogP contribution in [-0.2, 0) is 0 Å². The fourth-order valence-corrected chi connectivity index (χ4v) is 0.988. The van der Waals surface area contributed by atoms with Crippen LogP contribution in [0.1, 0.15) is 19.3 Å². The first-order chi connectivity index (χ1) is 4.77. The predicted molar refractivity (Wildman–Crippen MR) is 43.7 cm³/mol. The van der Waals surface area contributed by atoms with Crippen LogP contribution in [0.15, 0.2) is 0 Å². The van der Waals surface area contributed by atoms with Crippen molar-refractivity contribution in [2.75, 3.05) is 11.9 Å². The molecule has 60 valence electrons. The van der Waals surface area contributed by atoms with Crippen molar-refractivity contribution in [3.8, 4) is 0 Å². The number of unbranched alkanes of at least 4 members (excludes halogenated alkanes) is 2. The Morgan fingerprint density at radius 3 is 2.60 bits per heavy atom. The zero-order valence-corrected chi connectivity index (χ0v) is 7.35. The van der Waals surface area contributed by atoms with E-state index in [0.717, 1.165) is 24.6 Å². The average Bonchev–Trinajstić information content (AvgIpc) is 1.87.